The van der Waals surface area contributed by atoms with Crippen molar-refractivity contribution in [2.24, 2.45) is 10.8 Å². The number of rotatable bonds is 4. The van der Waals surface area contributed by atoms with Crippen molar-refractivity contribution < 1.29 is 9.90 Å². The molecule has 0 aliphatic rings. The lowest BCUT2D eigenvalue weighted by Gasteiger charge is -2.06. The highest BCUT2D eigenvalue weighted by Gasteiger charge is 2.19. The van der Waals surface area contributed by atoms with Gasteiger partial charge in [0.15, 0.2) is 5.11 Å². The molecule has 0 saturated heterocycles. The molecule has 0 radical (unpaired) electrons. The summed E-state index contributed by atoms with van der Waals surface area (Å²) >= 11 is 12.2. The monoisotopic (exact) mass is 389 g/mol. The number of nitrogens with two attached hydrogens (primary N) is 1. The van der Waals surface area contributed by atoms with Gasteiger partial charge in [0, 0.05) is 10.1 Å². The van der Waals surface area contributed by atoms with Gasteiger partial charge in [-0.1, -0.05) is 41.9 Å². The molecule has 0 amide bonds. The van der Waals surface area contributed by atoms with E-state index in [0.717, 1.165) is 26.8 Å². The number of halogens is 1. The molecule has 0 aliphatic carbocycles. The van der Waals surface area contributed by atoms with Crippen LogP contribution in [0.25, 0.3) is 21.2 Å². The molecular formula is C17H12ClN3O2S2. The molecule has 126 valence electrons. The zero-order valence-corrected chi connectivity index (χ0v) is 15.1. The maximum absolute atomic E-state index is 11.3. The fourth-order valence-electron chi connectivity index (χ4n) is 2.45. The Morgan fingerprint density at radius 2 is 2.08 bits per heavy atom. The van der Waals surface area contributed by atoms with Crippen LogP contribution in [0.4, 0.5) is 0 Å². The molecule has 3 aromatic rings. The second kappa shape index (κ2) is 7.18. The minimum absolute atomic E-state index is 0.0865. The Balaban J connectivity index is 2.09. The van der Waals surface area contributed by atoms with Gasteiger partial charge in [0.2, 0.25) is 0 Å². The number of benzene rings is 2. The number of carboxylic acid groups (broad SMARTS) is 1. The summed E-state index contributed by atoms with van der Waals surface area (Å²) in [6, 6.07) is 13.3. The smallest absolute Gasteiger partial charge is 0.347 e. The van der Waals surface area contributed by atoms with Gasteiger partial charge in [-0.15, -0.1) is 11.3 Å². The number of hydrogen-bond donors (Lipinski definition) is 3. The van der Waals surface area contributed by atoms with Crippen molar-refractivity contribution in [2.75, 3.05) is 0 Å². The maximum Gasteiger partial charge on any atom is 0.347 e. The molecule has 0 atom stereocenters. The van der Waals surface area contributed by atoms with Gasteiger partial charge in [-0.3, -0.25) is 5.43 Å². The third-order valence-corrected chi connectivity index (χ3v) is 5.16. The quantitative estimate of drug-likeness (QED) is 0.355. The molecule has 0 aliphatic heterocycles. The van der Waals surface area contributed by atoms with E-state index >= 15 is 0 Å². The van der Waals surface area contributed by atoms with E-state index in [4.69, 9.17) is 29.6 Å². The molecule has 1 aromatic heterocycles. The molecule has 0 bridgehead atoms. The van der Waals surface area contributed by atoms with Gasteiger partial charge in [0.25, 0.3) is 0 Å². The van der Waals surface area contributed by atoms with Crippen molar-refractivity contribution in [2.45, 2.75) is 0 Å². The van der Waals surface area contributed by atoms with Crippen LogP contribution in [0, 0.1) is 0 Å². The van der Waals surface area contributed by atoms with E-state index in [1.807, 2.05) is 42.5 Å². The van der Waals surface area contributed by atoms with Crippen LogP contribution in [-0.2, 0) is 0 Å². The first-order valence-electron chi connectivity index (χ1n) is 7.10. The van der Waals surface area contributed by atoms with Crippen LogP contribution in [0.2, 0.25) is 5.02 Å². The van der Waals surface area contributed by atoms with Crippen molar-refractivity contribution >= 4 is 62.5 Å². The van der Waals surface area contributed by atoms with Gasteiger partial charge in [0.1, 0.15) is 4.88 Å². The molecule has 5 nitrogen and oxygen atoms in total. The van der Waals surface area contributed by atoms with E-state index in [9.17, 15) is 9.90 Å². The second-order valence-electron chi connectivity index (χ2n) is 5.09. The molecule has 25 heavy (non-hydrogen) atoms. The van der Waals surface area contributed by atoms with Crippen molar-refractivity contribution in [3.8, 4) is 11.1 Å². The van der Waals surface area contributed by atoms with Crippen molar-refractivity contribution in [1.82, 2.24) is 5.43 Å². The highest BCUT2D eigenvalue weighted by molar-refractivity contribution is 7.80. The first-order valence-corrected chi connectivity index (χ1v) is 8.71. The average molecular weight is 390 g/mol. The first-order chi connectivity index (χ1) is 12.0. The normalized spacial score (nSPS) is 11.1. The van der Waals surface area contributed by atoms with Gasteiger partial charge in [-0.2, -0.15) is 5.10 Å². The molecular weight excluding hydrogens is 378 g/mol. The fraction of sp³-hybridized carbons (Fsp3) is 0. The Morgan fingerprint density at radius 3 is 2.80 bits per heavy atom. The van der Waals surface area contributed by atoms with Gasteiger partial charge in [-0.25, -0.2) is 4.79 Å². The topological polar surface area (TPSA) is 87.7 Å². The van der Waals surface area contributed by atoms with Gasteiger partial charge < -0.3 is 10.8 Å². The third-order valence-electron chi connectivity index (χ3n) is 3.44. The minimum atomic E-state index is -1.03. The molecule has 1 heterocycles. The van der Waals surface area contributed by atoms with E-state index in [1.165, 1.54) is 11.3 Å². The Kier molecular flexibility index (Phi) is 4.98. The number of nitrogens with zero attached hydrogens (tertiary/aromatic N) is 1. The van der Waals surface area contributed by atoms with Crippen LogP contribution in [0.3, 0.4) is 0 Å². The number of carboxylic acids is 1. The molecule has 4 N–H and O–H groups in total. The minimum Gasteiger partial charge on any atom is -0.477 e. The molecule has 2 aromatic carbocycles. The summed E-state index contributed by atoms with van der Waals surface area (Å²) in [6.07, 6.45) is 1.60. The van der Waals surface area contributed by atoms with Gasteiger partial charge in [0.05, 0.1) is 11.2 Å². The fourth-order valence-corrected chi connectivity index (χ4v) is 3.91. The van der Waals surface area contributed by atoms with Crippen LogP contribution in [0.1, 0.15) is 15.2 Å². The van der Waals surface area contributed by atoms with Crippen molar-refractivity contribution in [3.05, 3.63) is 57.9 Å². The lowest BCUT2D eigenvalue weighted by Crippen LogP contribution is -2.23. The zero-order valence-electron chi connectivity index (χ0n) is 12.7. The first kappa shape index (κ1) is 17.3. The lowest BCUT2D eigenvalue weighted by atomic mass is 10.00. The maximum atomic E-state index is 11.3. The average Bonchev–Trinajstić information content (AvgIpc) is 2.92. The summed E-state index contributed by atoms with van der Waals surface area (Å²) < 4.78 is 0.828. The Labute approximate surface area is 157 Å². The summed E-state index contributed by atoms with van der Waals surface area (Å²) in [5.41, 5.74) is 10.4. The van der Waals surface area contributed by atoms with Crippen LogP contribution < -0.4 is 11.2 Å². The summed E-state index contributed by atoms with van der Waals surface area (Å²) in [5.74, 6) is -1.03. The molecule has 8 heteroatoms. The SMILES string of the molecule is NC(=S)NN=Cc1cccc(-c2cccc3sc(C(=O)O)c(Cl)c23)c1. The molecule has 0 unspecified atom stereocenters. The third kappa shape index (κ3) is 3.63. The van der Waals surface area contributed by atoms with Crippen LogP contribution in [0.15, 0.2) is 47.6 Å². The lowest BCUT2D eigenvalue weighted by molar-refractivity contribution is 0.0702. The number of nitrogens with one attached hydrogen (secondary N) is 1. The summed E-state index contributed by atoms with van der Waals surface area (Å²) in [5, 5.41) is 14.3. The number of hydrazone groups is 1. The Hall–Kier alpha value is -2.48. The van der Waals surface area contributed by atoms with E-state index < -0.39 is 5.97 Å². The predicted molar refractivity (Wildman–Crippen MR) is 107 cm³/mol. The number of aromatic carboxylic acids is 1. The number of thiocarbonyl (C=S) groups is 1. The second-order valence-corrected chi connectivity index (χ2v) is 6.96. The van der Waals surface area contributed by atoms with E-state index in [0.29, 0.717) is 0 Å². The molecule has 0 fully saturated rings. The number of carbonyl (C=O) groups is 1. The van der Waals surface area contributed by atoms with Crippen LogP contribution in [0.5, 0.6) is 0 Å². The van der Waals surface area contributed by atoms with Gasteiger partial charge >= 0.3 is 5.97 Å². The summed E-state index contributed by atoms with van der Waals surface area (Å²) in [7, 11) is 0. The summed E-state index contributed by atoms with van der Waals surface area (Å²) in [4.78, 5) is 11.5. The predicted octanol–water partition coefficient (Wildman–Crippen LogP) is 4.09. The van der Waals surface area contributed by atoms with Gasteiger partial charge in [-0.05, 0) is 41.0 Å². The van der Waals surface area contributed by atoms with Crippen LogP contribution >= 0.6 is 35.2 Å². The Bertz CT molecular complexity index is 1010. The molecule has 0 saturated carbocycles. The number of hydrogen-bond acceptors (Lipinski definition) is 4. The highest BCUT2D eigenvalue weighted by Crippen LogP contribution is 2.41. The Morgan fingerprint density at radius 1 is 1.32 bits per heavy atom. The molecule has 0 spiro atoms. The summed E-state index contributed by atoms with van der Waals surface area (Å²) in [6.45, 7) is 0. The van der Waals surface area contributed by atoms with Crippen molar-refractivity contribution in [3.63, 3.8) is 0 Å². The number of fused-ring (bicyclic) bond motifs is 1. The van der Waals surface area contributed by atoms with Crippen LogP contribution in [-0.4, -0.2) is 22.4 Å². The standard InChI is InChI=1S/C17H12ClN3O2S2/c18-14-13-11(5-2-6-12(13)25-15(14)16(22)23)10-4-1-3-9(7-10)8-20-21-17(19)24/h1-8H,(H,22,23)(H3,19,21,24). The van der Waals surface area contributed by atoms with E-state index in [1.54, 1.807) is 6.21 Å². The van der Waals surface area contributed by atoms with Crippen molar-refractivity contribution in [1.29, 1.82) is 0 Å². The molecule has 3 rings (SSSR count). The van der Waals surface area contributed by atoms with E-state index in [2.05, 4.69) is 10.5 Å². The van der Waals surface area contributed by atoms with E-state index in [-0.39, 0.29) is 15.0 Å². The largest absolute Gasteiger partial charge is 0.477 e. The highest BCUT2D eigenvalue weighted by atomic mass is 35.5. The zero-order chi connectivity index (χ0) is 18.0. The number of thiophene rings is 1.